The molecule has 6 heteroatoms. The SMILES string of the molecule is O=C(CC[C@@](O)(c1ccccc1)[C@@](O)(CCC(=O)NCc1ccccc1)c1ccccc1)NCc1ccccc1. The lowest BCUT2D eigenvalue weighted by atomic mass is 9.68. The van der Waals surface area contributed by atoms with Crippen molar-refractivity contribution in [3.8, 4) is 0 Å². The summed E-state index contributed by atoms with van der Waals surface area (Å²) in [6.45, 7) is 0.738. The summed E-state index contributed by atoms with van der Waals surface area (Å²) in [6, 6.07) is 36.9. The molecule has 0 aliphatic rings. The fourth-order valence-electron chi connectivity index (χ4n) is 4.97. The van der Waals surface area contributed by atoms with Gasteiger partial charge in [-0.15, -0.1) is 0 Å². The normalized spacial score (nSPS) is 13.9. The van der Waals surface area contributed by atoms with E-state index in [1.54, 1.807) is 48.5 Å². The van der Waals surface area contributed by atoms with Crippen molar-refractivity contribution in [3.05, 3.63) is 144 Å². The molecule has 0 radical (unpaired) electrons. The van der Waals surface area contributed by atoms with E-state index in [2.05, 4.69) is 10.6 Å². The van der Waals surface area contributed by atoms with Crippen molar-refractivity contribution < 1.29 is 19.8 Å². The molecule has 0 saturated heterocycles. The zero-order valence-corrected chi connectivity index (χ0v) is 22.5. The van der Waals surface area contributed by atoms with Gasteiger partial charge in [0.2, 0.25) is 11.8 Å². The smallest absolute Gasteiger partial charge is 0.220 e. The molecule has 4 aromatic carbocycles. The van der Waals surface area contributed by atoms with Crippen molar-refractivity contribution in [1.82, 2.24) is 10.6 Å². The van der Waals surface area contributed by atoms with Crippen LogP contribution in [0, 0.1) is 0 Å². The summed E-state index contributed by atoms with van der Waals surface area (Å²) >= 11 is 0. The van der Waals surface area contributed by atoms with Crippen LogP contribution in [0.15, 0.2) is 121 Å². The molecule has 40 heavy (non-hydrogen) atoms. The molecule has 0 unspecified atom stereocenters. The van der Waals surface area contributed by atoms with Gasteiger partial charge >= 0.3 is 0 Å². The van der Waals surface area contributed by atoms with Gasteiger partial charge in [0.15, 0.2) is 0 Å². The van der Waals surface area contributed by atoms with Crippen molar-refractivity contribution in [2.45, 2.75) is 50.0 Å². The Bertz CT molecular complexity index is 1240. The van der Waals surface area contributed by atoms with Gasteiger partial charge in [0.05, 0.1) is 0 Å². The summed E-state index contributed by atoms with van der Waals surface area (Å²) in [5.74, 6) is -0.483. The highest BCUT2D eigenvalue weighted by Gasteiger charge is 2.51. The Morgan fingerprint density at radius 3 is 1.12 bits per heavy atom. The number of hydrogen-bond acceptors (Lipinski definition) is 4. The molecule has 0 spiro atoms. The second kappa shape index (κ2) is 13.7. The van der Waals surface area contributed by atoms with E-state index in [4.69, 9.17) is 0 Å². The molecule has 4 aromatic rings. The van der Waals surface area contributed by atoms with Crippen LogP contribution in [0.3, 0.4) is 0 Å². The minimum Gasteiger partial charge on any atom is -0.382 e. The Morgan fingerprint density at radius 1 is 0.500 bits per heavy atom. The fraction of sp³-hybridized carbons (Fsp3) is 0.235. The third-order valence-electron chi connectivity index (χ3n) is 7.28. The first-order chi connectivity index (χ1) is 19.4. The molecule has 0 bridgehead atoms. The summed E-state index contributed by atoms with van der Waals surface area (Å²) in [5.41, 5.74) is -0.810. The van der Waals surface area contributed by atoms with E-state index in [1.807, 2.05) is 72.8 Å². The Balaban J connectivity index is 1.55. The fourth-order valence-corrected chi connectivity index (χ4v) is 4.97. The lowest BCUT2D eigenvalue weighted by Gasteiger charge is -2.44. The van der Waals surface area contributed by atoms with Crippen molar-refractivity contribution >= 4 is 11.8 Å². The molecular weight excluding hydrogens is 500 g/mol. The van der Waals surface area contributed by atoms with Gasteiger partial charge in [0, 0.05) is 25.9 Å². The van der Waals surface area contributed by atoms with E-state index in [9.17, 15) is 19.8 Å². The van der Waals surface area contributed by atoms with E-state index < -0.39 is 11.2 Å². The lowest BCUT2D eigenvalue weighted by molar-refractivity contribution is -0.177. The summed E-state index contributed by atoms with van der Waals surface area (Å²) in [5, 5.41) is 30.5. The molecule has 6 nitrogen and oxygen atoms in total. The predicted octanol–water partition coefficient (Wildman–Crippen LogP) is 4.96. The number of aliphatic hydroxyl groups is 2. The van der Waals surface area contributed by atoms with Gasteiger partial charge in [0.25, 0.3) is 0 Å². The van der Waals surface area contributed by atoms with Gasteiger partial charge in [-0.25, -0.2) is 0 Å². The van der Waals surface area contributed by atoms with Gasteiger partial charge in [-0.1, -0.05) is 121 Å². The monoisotopic (exact) mass is 536 g/mol. The number of benzene rings is 4. The van der Waals surface area contributed by atoms with Crippen molar-refractivity contribution in [1.29, 1.82) is 0 Å². The number of hydrogen-bond donors (Lipinski definition) is 4. The van der Waals surface area contributed by atoms with Crippen LogP contribution in [0.5, 0.6) is 0 Å². The third kappa shape index (κ3) is 7.23. The van der Waals surface area contributed by atoms with E-state index in [0.29, 0.717) is 24.2 Å². The molecule has 206 valence electrons. The minimum absolute atomic E-state index is 0.0203. The standard InChI is InChI=1S/C34H36N2O4/c37-31(35-25-27-13-5-1-6-14-27)21-23-33(39,29-17-9-3-10-18-29)34(40,30-19-11-4-12-20-30)24-22-32(38)36-26-28-15-7-2-8-16-28/h1-20,39-40H,21-26H2,(H,35,37)(H,36,38)/t33-,34-/m1/s1. The number of carbonyl (C=O) groups excluding carboxylic acids is 2. The van der Waals surface area contributed by atoms with Crippen LogP contribution < -0.4 is 10.6 Å². The molecule has 4 rings (SSSR count). The Hall–Kier alpha value is -4.26. The van der Waals surface area contributed by atoms with Crippen LogP contribution in [0.2, 0.25) is 0 Å². The van der Waals surface area contributed by atoms with Crippen LogP contribution in [0.4, 0.5) is 0 Å². The summed E-state index contributed by atoms with van der Waals surface area (Å²) < 4.78 is 0. The van der Waals surface area contributed by atoms with Gasteiger partial charge < -0.3 is 20.8 Å². The molecule has 2 amide bonds. The molecular formula is C34H36N2O4. The molecule has 0 heterocycles. The minimum atomic E-state index is -1.85. The van der Waals surface area contributed by atoms with Gasteiger partial charge in [0.1, 0.15) is 11.2 Å². The van der Waals surface area contributed by atoms with Gasteiger partial charge in [-0.05, 0) is 35.1 Å². The second-order valence-electron chi connectivity index (χ2n) is 9.98. The molecule has 0 fully saturated rings. The first kappa shape index (κ1) is 28.7. The number of amides is 2. The van der Waals surface area contributed by atoms with Gasteiger partial charge in [-0.2, -0.15) is 0 Å². The highest BCUT2D eigenvalue weighted by molar-refractivity contribution is 5.76. The van der Waals surface area contributed by atoms with E-state index in [1.165, 1.54) is 0 Å². The largest absolute Gasteiger partial charge is 0.382 e. The topological polar surface area (TPSA) is 98.7 Å². The zero-order chi connectivity index (χ0) is 28.3. The Morgan fingerprint density at radius 2 is 0.800 bits per heavy atom. The molecule has 2 atom stereocenters. The average molecular weight is 537 g/mol. The van der Waals surface area contributed by atoms with Crippen LogP contribution >= 0.6 is 0 Å². The van der Waals surface area contributed by atoms with Crippen LogP contribution in [-0.2, 0) is 33.9 Å². The summed E-state index contributed by atoms with van der Waals surface area (Å²) in [6.07, 6.45) is -0.134. The summed E-state index contributed by atoms with van der Waals surface area (Å²) in [4.78, 5) is 25.8. The number of rotatable bonds is 13. The zero-order valence-electron chi connectivity index (χ0n) is 22.5. The highest BCUT2D eigenvalue weighted by Crippen LogP contribution is 2.46. The maximum atomic E-state index is 12.9. The van der Waals surface area contributed by atoms with Crippen molar-refractivity contribution in [3.63, 3.8) is 0 Å². The van der Waals surface area contributed by atoms with Crippen molar-refractivity contribution in [2.75, 3.05) is 0 Å². The predicted molar refractivity (Wildman–Crippen MR) is 156 cm³/mol. The first-order valence-corrected chi connectivity index (χ1v) is 13.6. The van der Waals surface area contributed by atoms with E-state index >= 15 is 0 Å². The van der Waals surface area contributed by atoms with Gasteiger partial charge in [-0.3, -0.25) is 9.59 Å². The molecule has 0 aliphatic carbocycles. The van der Waals surface area contributed by atoms with E-state index in [0.717, 1.165) is 11.1 Å². The Labute approximate surface area is 235 Å². The number of carbonyl (C=O) groups is 2. The lowest BCUT2D eigenvalue weighted by Crippen LogP contribution is -2.50. The summed E-state index contributed by atoms with van der Waals surface area (Å²) in [7, 11) is 0. The molecule has 4 N–H and O–H groups in total. The number of nitrogens with one attached hydrogen (secondary N) is 2. The molecule has 0 saturated carbocycles. The second-order valence-corrected chi connectivity index (χ2v) is 9.98. The van der Waals surface area contributed by atoms with Crippen LogP contribution in [0.1, 0.15) is 47.9 Å². The van der Waals surface area contributed by atoms with Crippen LogP contribution in [0.25, 0.3) is 0 Å². The maximum Gasteiger partial charge on any atom is 0.220 e. The van der Waals surface area contributed by atoms with Crippen LogP contribution in [-0.4, -0.2) is 22.0 Å². The third-order valence-corrected chi connectivity index (χ3v) is 7.28. The average Bonchev–Trinajstić information content (AvgIpc) is 3.02. The molecule has 0 aliphatic heterocycles. The first-order valence-electron chi connectivity index (χ1n) is 13.6. The Kier molecular flexibility index (Phi) is 9.84. The maximum absolute atomic E-state index is 12.9. The van der Waals surface area contributed by atoms with E-state index in [-0.39, 0.29) is 37.5 Å². The highest BCUT2D eigenvalue weighted by atomic mass is 16.4. The molecule has 0 aromatic heterocycles. The van der Waals surface area contributed by atoms with Crippen molar-refractivity contribution in [2.24, 2.45) is 0 Å². The quantitative estimate of drug-likeness (QED) is 0.194.